The Kier molecular flexibility index (Phi) is 4.71. The van der Waals surface area contributed by atoms with E-state index in [1.807, 2.05) is 24.3 Å². The number of nitrogens with two attached hydrogens (primary N) is 1. The summed E-state index contributed by atoms with van der Waals surface area (Å²) < 4.78 is 0. The van der Waals surface area contributed by atoms with E-state index in [2.05, 4.69) is 22.9 Å². The molecule has 0 aliphatic heterocycles. The first-order valence-electron chi connectivity index (χ1n) is 6.72. The molecule has 1 aromatic heterocycles. The number of pyridine rings is 1. The Morgan fingerprint density at radius 2 is 2.05 bits per heavy atom. The van der Waals surface area contributed by atoms with E-state index in [1.54, 1.807) is 0 Å². The van der Waals surface area contributed by atoms with Crippen molar-refractivity contribution in [2.75, 3.05) is 25.4 Å². The molecule has 0 fully saturated rings. The van der Waals surface area contributed by atoms with Gasteiger partial charge in [0, 0.05) is 24.0 Å². The number of nitrogens with zero attached hydrogens (tertiary/aromatic N) is 2. The Labute approximate surface area is 113 Å². The molecule has 2 rings (SSSR count). The van der Waals surface area contributed by atoms with Crippen molar-refractivity contribution in [2.24, 2.45) is 0 Å². The highest BCUT2D eigenvalue weighted by molar-refractivity contribution is 5.81. The van der Waals surface area contributed by atoms with Crippen LogP contribution < -0.4 is 5.73 Å². The quantitative estimate of drug-likeness (QED) is 0.833. The number of hydrogen-bond donors (Lipinski definition) is 2. The van der Waals surface area contributed by atoms with Crippen LogP contribution in [0.3, 0.4) is 0 Å². The van der Waals surface area contributed by atoms with E-state index >= 15 is 0 Å². The zero-order chi connectivity index (χ0) is 13.7. The number of nitrogen functional groups attached to an aromatic ring is 1. The van der Waals surface area contributed by atoms with E-state index in [1.165, 1.54) is 0 Å². The third-order valence-corrected chi connectivity index (χ3v) is 3.19. The lowest BCUT2D eigenvalue weighted by molar-refractivity contribution is 0.190. The van der Waals surface area contributed by atoms with E-state index in [0.29, 0.717) is 12.4 Å². The standard InChI is InChI=1S/C15H21N3O/c1-2-7-18(8-9-19)11-13-10-12-5-3-4-6-14(12)17-15(13)16/h3-6,10,19H,2,7-9,11H2,1H3,(H2,16,17). The lowest BCUT2D eigenvalue weighted by Crippen LogP contribution is -2.27. The minimum atomic E-state index is 0.168. The number of aliphatic hydroxyl groups excluding tert-OH is 1. The molecule has 4 nitrogen and oxygen atoms in total. The summed E-state index contributed by atoms with van der Waals surface area (Å²) in [7, 11) is 0. The van der Waals surface area contributed by atoms with E-state index in [0.717, 1.165) is 36.0 Å². The summed E-state index contributed by atoms with van der Waals surface area (Å²) >= 11 is 0. The number of para-hydroxylation sites is 1. The van der Waals surface area contributed by atoms with Crippen molar-refractivity contribution < 1.29 is 5.11 Å². The number of anilines is 1. The minimum absolute atomic E-state index is 0.168. The second-order valence-electron chi connectivity index (χ2n) is 4.73. The second kappa shape index (κ2) is 6.50. The summed E-state index contributed by atoms with van der Waals surface area (Å²) in [5.41, 5.74) is 7.98. The van der Waals surface area contributed by atoms with Crippen LogP contribution in [0.15, 0.2) is 30.3 Å². The fourth-order valence-corrected chi connectivity index (χ4v) is 2.27. The molecule has 0 atom stereocenters. The SMILES string of the molecule is CCCN(CCO)Cc1cc2ccccc2nc1N. The van der Waals surface area contributed by atoms with Gasteiger partial charge in [-0.2, -0.15) is 0 Å². The van der Waals surface area contributed by atoms with Crippen LogP contribution in [0.25, 0.3) is 10.9 Å². The van der Waals surface area contributed by atoms with Crippen molar-refractivity contribution >= 4 is 16.7 Å². The highest BCUT2D eigenvalue weighted by Crippen LogP contribution is 2.19. The Hall–Kier alpha value is -1.65. The molecule has 0 aliphatic carbocycles. The molecule has 4 heteroatoms. The van der Waals surface area contributed by atoms with Crippen LogP contribution in [0.1, 0.15) is 18.9 Å². The highest BCUT2D eigenvalue weighted by atomic mass is 16.3. The van der Waals surface area contributed by atoms with Gasteiger partial charge in [0.1, 0.15) is 5.82 Å². The predicted octanol–water partition coefficient (Wildman–Crippen LogP) is 2.02. The molecule has 0 saturated heterocycles. The Balaban J connectivity index is 2.25. The fourth-order valence-electron chi connectivity index (χ4n) is 2.27. The summed E-state index contributed by atoms with van der Waals surface area (Å²) in [4.78, 5) is 6.63. The van der Waals surface area contributed by atoms with Crippen molar-refractivity contribution in [3.8, 4) is 0 Å². The Morgan fingerprint density at radius 3 is 2.79 bits per heavy atom. The Bertz CT molecular complexity index is 536. The zero-order valence-electron chi connectivity index (χ0n) is 11.3. The maximum Gasteiger partial charge on any atom is 0.128 e. The van der Waals surface area contributed by atoms with Crippen molar-refractivity contribution in [3.05, 3.63) is 35.9 Å². The molecule has 0 aliphatic rings. The first kappa shape index (κ1) is 13.8. The number of aliphatic hydroxyl groups is 1. The first-order chi connectivity index (χ1) is 9.24. The van der Waals surface area contributed by atoms with Gasteiger partial charge in [-0.3, -0.25) is 4.90 Å². The topological polar surface area (TPSA) is 62.4 Å². The van der Waals surface area contributed by atoms with Crippen LogP contribution in [-0.2, 0) is 6.54 Å². The maximum absolute atomic E-state index is 9.09. The smallest absolute Gasteiger partial charge is 0.128 e. The van der Waals surface area contributed by atoms with Crippen LogP contribution in [0, 0.1) is 0 Å². The largest absolute Gasteiger partial charge is 0.395 e. The fraction of sp³-hybridized carbons (Fsp3) is 0.400. The summed E-state index contributed by atoms with van der Waals surface area (Å²) in [5, 5.41) is 10.2. The molecule has 0 bridgehead atoms. The first-order valence-corrected chi connectivity index (χ1v) is 6.72. The van der Waals surface area contributed by atoms with E-state index in [9.17, 15) is 0 Å². The third-order valence-electron chi connectivity index (χ3n) is 3.19. The van der Waals surface area contributed by atoms with Crippen LogP contribution in [-0.4, -0.2) is 34.7 Å². The average molecular weight is 259 g/mol. The molecule has 1 aromatic carbocycles. The van der Waals surface area contributed by atoms with Gasteiger partial charge in [0.05, 0.1) is 12.1 Å². The molecular weight excluding hydrogens is 238 g/mol. The molecule has 19 heavy (non-hydrogen) atoms. The number of benzene rings is 1. The van der Waals surface area contributed by atoms with E-state index in [4.69, 9.17) is 10.8 Å². The monoisotopic (exact) mass is 259 g/mol. The minimum Gasteiger partial charge on any atom is -0.395 e. The van der Waals surface area contributed by atoms with Crippen LogP contribution >= 0.6 is 0 Å². The van der Waals surface area contributed by atoms with Gasteiger partial charge in [-0.15, -0.1) is 0 Å². The summed E-state index contributed by atoms with van der Waals surface area (Å²) in [6, 6.07) is 10.1. The van der Waals surface area contributed by atoms with Crippen molar-refractivity contribution in [3.63, 3.8) is 0 Å². The average Bonchev–Trinajstić information content (AvgIpc) is 2.40. The van der Waals surface area contributed by atoms with Gasteiger partial charge < -0.3 is 10.8 Å². The van der Waals surface area contributed by atoms with Gasteiger partial charge >= 0.3 is 0 Å². The molecule has 3 N–H and O–H groups in total. The molecule has 0 amide bonds. The van der Waals surface area contributed by atoms with Gasteiger partial charge in [0.15, 0.2) is 0 Å². The normalized spacial score (nSPS) is 11.3. The van der Waals surface area contributed by atoms with Crippen LogP contribution in [0.5, 0.6) is 0 Å². The van der Waals surface area contributed by atoms with E-state index < -0.39 is 0 Å². The number of aromatic nitrogens is 1. The van der Waals surface area contributed by atoms with Gasteiger partial charge in [-0.1, -0.05) is 25.1 Å². The predicted molar refractivity (Wildman–Crippen MR) is 78.8 cm³/mol. The van der Waals surface area contributed by atoms with E-state index in [-0.39, 0.29) is 6.61 Å². The molecular formula is C15H21N3O. The third kappa shape index (κ3) is 3.43. The Morgan fingerprint density at radius 1 is 1.26 bits per heavy atom. The summed E-state index contributed by atoms with van der Waals surface area (Å²) in [5.74, 6) is 0.581. The summed E-state index contributed by atoms with van der Waals surface area (Å²) in [6.07, 6.45) is 1.06. The molecule has 0 spiro atoms. The maximum atomic E-state index is 9.09. The van der Waals surface area contributed by atoms with Gasteiger partial charge in [0.2, 0.25) is 0 Å². The molecule has 102 valence electrons. The molecule has 1 heterocycles. The summed E-state index contributed by atoms with van der Waals surface area (Å²) in [6.45, 7) is 4.65. The highest BCUT2D eigenvalue weighted by Gasteiger charge is 2.09. The lowest BCUT2D eigenvalue weighted by Gasteiger charge is -2.21. The van der Waals surface area contributed by atoms with Crippen molar-refractivity contribution in [2.45, 2.75) is 19.9 Å². The molecule has 0 radical (unpaired) electrons. The number of hydrogen-bond acceptors (Lipinski definition) is 4. The van der Waals surface area contributed by atoms with Crippen molar-refractivity contribution in [1.29, 1.82) is 0 Å². The molecule has 0 unspecified atom stereocenters. The lowest BCUT2D eigenvalue weighted by atomic mass is 10.1. The number of rotatable bonds is 6. The van der Waals surface area contributed by atoms with Gasteiger partial charge in [-0.25, -0.2) is 4.98 Å². The van der Waals surface area contributed by atoms with Crippen molar-refractivity contribution in [1.82, 2.24) is 9.88 Å². The van der Waals surface area contributed by atoms with Gasteiger partial charge in [-0.05, 0) is 25.1 Å². The molecule has 0 saturated carbocycles. The van der Waals surface area contributed by atoms with Crippen LogP contribution in [0.4, 0.5) is 5.82 Å². The molecule has 2 aromatic rings. The number of fused-ring (bicyclic) bond motifs is 1. The second-order valence-corrected chi connectivity index (χ2v) is 4.73. The van der Waals surface area contributed by atoms with Crippen LogP contribution in [0.2, 0.25) is 0 Å². The van der Waals surface area contributed by atoms with Gasteiger partial charge in [0.25, 0.3) is 0 Å². The zero-order valence-corrected chi connectivity index (χ0v) is 11.3.